The maximum absolute atomic E-state index is 12.9. The van der Waals surface area contributed by atoms with Crippen molar-refractivity contribution in [1.29, 1.82) is 0 Å². The summed E-state index contributed by atoms with van der Waals surface area (Å²) in [7, 11) is -2.37. The van der Waals surface area contributed by atoms with Gasteiger partial charge in [-0.2, -0.15) is 0 Å². The normalized spacial score (nSPS) is 14.8. The number of nitrogens with one attached hydrogen (secondary N) is 2. The number of hydrogen-bond donors (Lipinski definition) is 2. The van der Waals surface area contributed by atoms with Crippen molar-refractivity contribution in [3.8, 4) is 5.75 Å². The SMILES string of the molecule is COc1ccc(C(=O)Nc2ccc(C)cc2C)cc1S(=O)(=O)NC1CCCC1. The Morgan fingerprint density at radius 1 is 1.07 bits per heavy atom. The molecule has 0 heterocycles. The number of hydrogen-bond acceptors (Lipinski definition) is 4. The molecule has 0 bridgehead atoms. The van der Waals surface area contributed by atoms with E-state index in [1.54, 1.807) is 6.07 Å². The van der Waals surface area contributed by atoms with E-state index in [1.165, 1.54) is 19.2 Å². The first-order chi connectivity index (χ1) is 13.3. The summed E-state index contributed by atoms with van der Waals surface area (Å²) in [5, 5.41) is 2.85. The molecule has 1 amide bonds. The molecule has 1 saturated carbocycles. The first-order valence-corrected chi connectivity index (χ1v) is 10.9. The number of benzene rings is 2. The molecular weight excluding hydrogens is 376 g/mol. The third-order valence-corrected chi connectivity index (χ3v) is 6.56. The number of amides is 1. The smallest absolute Gasteiger partial charge is 0.255 e. The van der Waals surface area contributed by atoms with Crippen LogP contribution >= 0.6 is 0 Å². The fourth-order valence-corrected chi connectivity index (χ4v) is 5.00. The zero-order valence-corrected chi connectivity index (χ0v) is 17.2. The number of aryl methyl sites for hydroxylation is 2. The molecule has 28 heavy (non-hydrogen) atoms. The number of carbonyl (C=O) groups excluding carboxylic acids is 1. The number of rotatable bonds is 6. The predicted octanol–water partition coefficient (Wildman–Crippen LogP) is 3.79. The second-order valence-corrected chi connectivity index (χ2v) is 8.92. The van der Waals surface area contributed by atoms with Crippen LogP contribution < -0.4 is 14.8 Å². The molecule has 1 fully saturated rings. The van der Waals surface area contributed by atoms with Gasteiger partial charge in [0.25, 0.3) is 5.91 Å². The second-order valence-electron chi connectivity index (χ2n) is 7.24. The molecule has 6 nitrogen and oxygen atoms in total. The van der Waals surface area contributed by atoms with Gasteiger partial charge in [0.05, 0.1) is 7.11 Å². The lowest BCUT2D eigenvalue weighted by atomic mass is 10.1. The summed E-state index contributed by atoms with van der Waals surface area (Å²) in [5.41, 5.74) is 3.00. The Morgan fingerprint density at radius 2 is 1.79 bits per heavy atom. The molecule has 0 radical (unpaired) electrons. The molecule has 7 heteroatoms. The maximum atomic E-state index is 12.9. The molecule has 0 spiro atoms. The second kappa shape index (κ2) is 8.32. The minimum absolute atomic E-state index is 0.0184. The highest BCUT2D eigenvalue weighted by molar-refractivity contribution is 7.89. The summed E-state index contributed by atoms with van der Waals surface area (Å²) in [5.74, 6) is -0.152. The predicted molar refractivity (Wildman–Crippen MR) is 109 cm³/mol. The Labute approximate surface area is 166 Å². The Bertz CT molecular complexity index is 980. The standard InChI is InChI=1S/C21H26N2O4S/c1-14-8-10-18(15(2)12-14)22-21(24)16-9-11-19(27-3)20(13-16)28(25,26)23-17-6-4-5-7-17/h8-13,17,23H,4-7H2,1-3H3,(H,22,24). The van der Waals surface area contributed by atoms with Gasteiger partial charge in [-0.1, -0.05) is 30.5 Å². The molecule has 0 aromatic heterocycles. The molecule has 0 aliphatic heterocycles. The first-order valence-electron chi connectivity index (χ1n) is 9.39. The van der Waals surface area contributed by atoms with Crippen molar-refractivity contribution in [2.75, 3.05) is 12.4 Å². The van der Waals surface area contributed by atoms with Gasteiger partial charge in [-0.05, 0) is 56.5 Å². The average Bonchev–Trinajstić information content (AvgIpc) is 3.15. The van der Waals surface area contributed by atoms with Crippen molar-refractivity contribution in [3.63, 3.8) is 0 Å². The van der Waals surface area contributed by atoms with Crippen molar-refractivity contribution < 1.29 is 17.9 Å². The quantitative estimate of drug-likeness (QED) is 0.770. The molecular formula is C21H26N2O4S. The zero-order chi connectivity index (χ0) is 20.3. The van der Waals surface area contributed by atoms with Crippen LogP contribution in [0.4, 0.5) is 5.69 Å². The highest BCUT2D eigenvalue weighted by atomic mass is 32.2. The van der Waals surface area contributed by atoms with Crippen LogP contribution in [0.25, 0.3) is 0 Å². The number of sulfonamides is 1. The van der Waals surface area contributed by atoms with Gasteiger partial charge in [0.15, 0.2) is 0 Å². The minimum atomic E-state index is -3.78. The van der Waals surface area contributed by atoms with Gasteiger partial charge in [-0.3, -0.25) is 4.79 Å². The largest absolute Gasteiger partial charge is 0.495 e. The van der Waals surface area contributed by atoms with Crippen LogP contribution in [0, 0.1) is 13.8 Å². The van der Waals surface area contributed by atoms with Gasteiger partial charge in [0.1, 0.15) is 10.6 Å². The molecule has 0 saturated heterocycles. The lowest BCUT2D eigenvalue weighted by molar-refractivity contribution is 0.102. The van der Waals surface area contributed by atoms with Crippen molar-refractivity contribution in [2.45, 2.75) is 50.5 Å². The average molecular weight is 403 g/mol. The van der Waals surface area contributed by atoms with Gasteiger partial charge in [0.2, 0.25) is 10.0 Å². The van der Waals surface area contributed by atoms with E-state index in [9.17, 15) is 13.2 Å². The summed E-state index contributed by atoms with van der Waals surface area (Å²) in [6.45, 7) is 3.90. The van der Waals surface area contributed by atoms with Crippen LogP contribution in [-0.2, 0) is 10.0 Å². The summed E-state index contributed by atoms with van der Waals surface area (Å²) >= 11 is 0. The van der Waals surface area contributed by atoms with Crippen LogP contribution in [0.15, 0.2) is 41.3 Å². The van der Waals surface area contributed by atoms with E-state index in [0.29, 0.717) is 5.69 Å². The summed E-state index contributed by atoms with van der Waals surface area (Å²) in [4.78, 5) is 12.7. The van der Waals surface area contributed by atoms with Gasteiger partial charge in [-0.25, -0.2) is 13.1 Å². The number of carbonyl (C=O) groups is 1. The fraction of sp³-hybridized carbons (Fsp3) is 0.381. The molecule has 150 valence electrons. The molecule has 2 N–H and O–H groups in total. The van der Waals surface area contributed by atoms with E-state index in [-0.39, 0.29) is 28.2 Å². The topological polar surface area (TPSA) is 84.5 Å². The van der Waals surface area contributed by atoms with E-state index in [4.69, 9.17) is 4.74 Å². The molecule has 2 aromatic rings. The maximum Gasteiger partial charge on any atom is 0.255 e. The van der Waals surface area contributed by atoms with Gasteiger partial charge >= 0.3 is 0 Å². The van der Waals surface area contributed by atoms with E-state index in [0.717, 1.165) is 36.8 Å². The summed E-state index contributed by atoms with van der Waals surface area (Å²) < 4.78 is 33.7. The van der Waals surface area contributed by atoms with E-state index >= 15 is 0 Å². The molecule has 2 aromatic carbocycles. The lowest BCUT2D eigenvalue weighted by Crippen LogP contribution is -2.33. The van der Waals surface area contributed by atoms with Gasteiger partial charge in [0, 0.05) is 17.3 Å². The van der Waals surface area contributed by atoms with E-state index in [2.05, 4.69) is 10.0 Å². The third kappa shape index (κ3) is 4.54. The van der Waals surface area contributed by atoms with Crippen LogP contribution in [-0.4, -0.2) is 27.5 Å². The molecule has 0 unspecified atom stereocenters. The highest BCUT2D eigenvalue weighted by Crippen LogP contribution is 2.28. The van der Waals surface area contributed by atoms with Crippen molar-refractivity contribution in [3.05, 3.63) is 53.1 Å². The van der Waals surface area contributed by atoms with Crippen LogP contribution in [0.5, 0.6) is 5.75 Å². The third-order valence-electron chi connectivity index (χ3n) is 5.02. The Balaban J connectivity index is 1.88. The highest BCUT2D eigenvalue weighted by Gasteiger charge is 2.26. The zero-order valence-electron chi connectivity index (χ0n) is 16.4. The fourth-order valence-electron chi connectivity index (χ4n) is 3.50. The monoisotopic (exact) mass is 402 g/mol. The van der Waals surface area contributed by atoms with Crippen LogP contribution in [0.2, 0.25) is 0 Å². The first kappa shape index (κ1) is 20.4. The summed E-state index contributed by atoms with van der Waals surface area (Å²) in [6.07, 6.45) is 3.69. The van der Waals surface area contributed by atoms with Crippen molar-refractivity contribution >= 4 is 21.6 Å². The molecule has 1 aliphatic carbocycles. The number of anilines is 1. The Morgan fingerprint density at radius 3 is 2.43 bits per heavy atom. The van der Waals surface area contributed by atoms with Crippen molar-refractivity contribution in [2.24, 2.45) is 0 Å². The van der Waals surface area contributed by atoms with Gasteiger partial charge < -0.3 is 10.1 Å². The van der Waals surface area contributed by atoms with E-state index in [1.807, 2.05) is 32.0 Å². The lowest BCUT2D eigenvalue weighted by Gasteiger charge is -2.16. The van der Waals surface area contributed by atoms with Crippen LogP contribution in [0.1, 0.15) is 47.2 Å². The molecule has 3 rings (SSSR count). The van der Waals surface area contributed by atoms with E-state index < -0.39 is 10.0 Å². The number of ether oxygens (including phenoxy) is 1. The minimum Gasteiger partial charge on any atom is -0.495 e. The molecule has 1 aliphatic rings. The van der Waals surface area contributed by atoms with Crippen molar-refractivity contribution in [1.82, 2.24) is 4.72 Å². The molecule has 0 atom stereocenters. The Hall–Kier alpha value is -2.38. The van der Waals surface area contributed by atoms with Crippen LogP contribution in [0.3, 0.4) is 0 Å². The Kier molecular flexibility index (Phi) is 6.05. The van der Waals surface area contributed by atoms with Gasteiger partial charge in [-0.15, -0.1) is 0 Å². The summed E-state index contributed by atoms with van der Waals surface area (Å²) in [6, 6.07) is 10.1. The number of methoxy groups -OCH3 is 1.